The van der Waals surface area contributed by atoms with Crippen LogP contribution >= 0.6 is 11.6 Å². The second kappa shape index (κ2) is 8.19. The molecule has 0 N–H and O–H groups in total. The van der Waals surface area contributed by atoms with Crippen LogP contribution in [0.5, 0.6) is 0 Å². The molecule has 0 spiro atoms. The molecule has 0 radical (unpaired) electrons. The lowest BCUT2D eigenvalue weighted by atomic mass is 10.0. The number of halogens is 1. The smallest absolute Gasteiger partial charge is 0.324 e. The first-order valence-corrected chi connectivity index (χ1v) is 8.60. The van der Waals surface area contributed by atoms with Crippen LogP contribution in [0.1, 0.15) is 30.9 Å². The van der Waals surface area contributed by atoms with E-state index in [0.717, 1.165) is 0 Å². The molecule has 6 nitrogen and oxygen atoms in total. The van der Waals surface area contributed by atoms with Crippen LogP contribution in [0.2, 0.25) is 5.02 Å². The van der Waals surface area contributed by atoms with E-state index in [2.05, 4.69) is 13.8 Å². The van der Waals surface area contributed by atoms with E-state index in [1.807, 2.05) is 24.3 Å². The lowest BCUT2D eigenvalue weighted by molar-refractivity contribution is -0.384. The average molecular weight is 376 g/mol. The molecule has 2 rings (SSSR count). The SMILES string of the molecule is CC(C)c1ccc(N(Cc2cc([N+](=O)[O-])ccc2Cl)C(=O)N(C)C)cc1. The minimum atomic E-state index is -0.477. The average Bonchev–Trinajstić information content (AvgIpc) is 2.60. The Kier molecular flexibility index (Phi) is 6.21. The number of nitro groups is 1. The maximum atomic E-state index is 12.7. The van der Waals surface area contributed by atoms with Gasteiger partial charge in [-0.2, -0.15) is 0 Å². The van der Waals surface area contributed by atoms with Crippen LogP contribution in [0.3, 0.4) is 0 Å². The summed E-state index contributed by atoms with van der Waals surface area (Å²) in [4.78, 5) is 26.2. The molecule has 0 bridgehead atoms. The van der Waals surface area contributed by atoms with Crippen molar-refractivity contribution in [1.29, 1.82) is 0 Å². The van der Waals surface area contributed by atoms with Crippen LogP contribution in [0.4, 0.5) is 16.2 Å². The van der Waals surface area contributed by atoms with E-state index in [1.54, 1.807) is 19.0 Å². The molecule has 0 aliphatic carbocycles. The van der Waals surface area contributed by atoms with Crippen molar-refractivity contribution in [2.75, 3.05) is 19.0 Å². The van der Waals surface area contributed by atoms with Crippen molar-refractivity contribution < 1.29 is 9.72 Å². The molecule has 2 aromatic carbocycles. The summed E-state index contributed by atoms with van der Waals surface area (Å²) in [5, 5.41) is 11.4. The highest BCUT2D eigenvalue weighted by molar-refractivity contribution is 6.31. The Morgan fingerprint density at radius 3 is 2.27 bits per heavy atom. The zero-order valence-corrected chi connectivity index (χ0v) is 16.0. The molecular formula is C19H22ClN3O3. The third-order valence-electron chi connectivity index (χ3n) is 4.05. The lowest BCUT2D eigenvalue weighted by Gasteiger charge is -2.27. The van der Waals surface area contributed by atoms with Gasteiger partial charge in [0.2, 0.25) is 0 Å². The molecule has 0 aliphatic rings. The van der Waals surface area contributed by atoms with Crippen LogP contribution in [0, 0.1) is 10.1 Å². The summed E-state index contributed by atoms with van der Waals surface area (Å²) in [6, 6.07) is 11.7. The van der Waals surface area contributed by atoms with Crippen molar-refractivity contribution in [2.45, 2.75) is 26.3 Å². The number of non-ortho nitro benzene ring substituents is 1. The number of amides is 2. The first-order chi connectivity index (χ1) is 12.2. The van der Waals surface area contributed by atoms with Gasteiger partial charge < -0.3 is 4.90 Å². The minimum Gasteiger partial charge on any atom is -0.330 e. The van der Waals surface area contributed by atoms with Gasteiger partial charge in [0.05, 0.1) is 11.5 Å². The number of nitro benzene ring substituents is 1. The zero-order valence-electron chi connectivity index (χ0n) is 15.3. The monoisotopic (exact) mass is 375 g/mol. The second-order valence-corrected chi connectivity index (χ2v) is 6.95. The van der Waals surface area contributed by atoms with Gasteiger partial charge in [0.15, 0.2) is 0 Å². The van der Waals surface area contributed by atoms with Crippen LogP contribution in [0.15, 0.2) is 42.5 Å². The van der Waals surface area contributed by atoms with E-state index in [4.69, 9.17) is 11.6 Å². The molecule has 0 saturated heterocycles. The van der Waals surface area contributed by atoms with Gasteiger partial charge in [-0.15, -0.1) is 0 Å². The zero-order chi connectivity index (χ0) is 19.4. The first kappa shape index (κ1) is 19.7. The van der Waals surface area contributed by atoms with Crippen molar-refractivity contribution in [3.63, 3.8) is 0 Å². The van der Waals surface area contributed by atoms with Gasteiger partial charge in [-0.05, 0) is 35.2 Å². The van der Waals surface area contributed by atoms with Gasteiger partial charge in [-0.3, -0.25) is 15.0 Å². The van der Waals surface area contributed by atoms with Crippen LogP contribution in [0.25, 0.3) is 0 Å². The van der Waals surface area contributed by atoms with Crippen LogP contribution in [-0.4, -0.2) is 29.9 Å². The summed E-state index contributed by atoms with van der Waals surface area (Å²) < 4.78 is 0. The largest absolute Gasteiger partial charge is 0.330 e. The Bertz CT molecular complexity index is 804. The highest BCUT2D eigenvalue weighted by atomic mass is 35.5. The van der Waals surface area contributed by atoms with Gasteiger partial charge in [0.25, 0.3) is 5.69 Å². The minimum absolute atomic E-state index is 0.0585. The topological polar surface area (TPSA) is 66.7 Å². The molecule has 0 aromatic heterocycles. The number of hydrogen-bond acceptors (Lipinski definition) is 3. The number of urea groups is 1. The molecular weight excluding hydrogens is 354 g/mol. The van der Waals surface area contributed by atoms with Gasteiger partial charge in [0, 0.05) is 36.9 Å². The fraction of sp³-hybridized carbons (Fsp3) is 0.316. The summed E-state index contributed by atoms with van der Waals surface area (Å²) in [5.74, 6) is 0.383. The quantitative estimate of drug-likeness (QED) is 0.541. The van der Waals surface area contributed by atoms with Gasteiger partial charge >= 0.3 is 6.03 Å². The molecule has 0 unspecified atom stereocenters. The Labute approximate surface area is 158 Å². The third-order valence-corrected chi connectivity index (χ3v) is 4.42. The highest BCUT2D eigenvalue weighted by Gasteiger charge is 2.21. The molecule has 7 heteroatoms. The predicted octanol–water partition coefficient (Wildman–Crippen LogP) is 5.06. The normalized spacial score (nSPS) is 10.7. The summed E-state index contributed by atoms with van der Waals surface area (Å²) in [7, 11) is 3.32. The highest BCUT2D eigenvalue weighted by Crippen LogP contribution is 2.27. The number of nitrogens with zero attached hydrogens (tertiary/aromatic N) is 3. The molecule has 0 atom stereocenters. The fourth-order valence-electron chi connectivity index (χ4n) is 2.52. The summed E-state index contributed by atoms with van der Waals surface area (Å²) in [6.07, 6.45) is 0. The number of carbonyl (C=O) groups is 1. The molecule has 0 heterocycles. The Morgan fingerprint density at radius 2 is 1.77 bits per heavy atom. The van der Waals surface area contributed by atoms with Crippen molar-refractivity contribution in [2.24, 2.45) is 0 Å². The van der Waals surface area contributed by atoms with Crippen molar-refractivity contribution in [3.05, 3.63) is 68.7 Å². The number of anilines is 1. The number of hydrogen-bond donors (Lipinski definition) is 0. The molecule has 0 aliphatic heterocycles. The van der Waals surface area contributed by atoms with Crippen molar-refractivity contribution in [1.82, 2.24) is 4.90 Å². The molecule has 2 amide bonds. The van der Waals surface area contributed by atoms with Crippen molar-refractivity contribution in [3.8, 4) is 0 Å². The van der Waals surface area contributed by atoms with Crippen LogP contribution in [-0.2, 0) is 6.54 Å². The lowest BCUT2D eigenvalue weighted by Crippen LogP contribution is -2.39. The first-order valence-electron chi connectivity index (χ1n) is 8.22. The van der Waals surface area contributed by atoms with Crippen LogP contribution < -0.4 is 4.90 Å². The van der Waals surface area contributed by atoms with Crippen molar-refractivity contribution >= 4 is 29.0 Å². The number of carbonyl (C=O) groups excluding carboxylic acids is 1. The van der Waals surface area contributed by atoms with Gasteiger partial charge in [-0.25, -0.2) is 4.79 Å². The molecule has 138 valence electrons. The molecule has 2 aromatic rings. The fourth-order valence-corrected chi connectivity index (χ4v) is 2.69. The summed E-state index contributed by atoms with van der Waals surface area (Å²) in [5.41, 5.74) is 2.33. The Morgan fingerprint density at radius 1 is 1.15 bits per heavy atom. The maximum absolute atomic E-state index is 12.7. The second-order valence-electron chi connectivity index (χ2n) is 6.54. The van der Waals surface area contributed by atoms with E-state index < -0.39 is 4.92 Å². The van der Waals surface area contributed by atoms with Gasteiger partial charge in [-0.1, -0.05) is 37.6 Å². The summed E-state index contributed by atoms with van der Waals surface area (Å²) in [6.45, 7) is 4.33. The standard InChI is InChI=1S/C19H22ClN3O3/c1-13(2)14-5-7-16(8-6-14)22(19(24)21(3)4)12-15-11-17(23(25)26)9-10-18(15)20/h5-11,13H,12H2,1-4H3. The summed E-state index contributed by atoms with van der Waals surface area (Å²) >= 11 is 6.21. The Balaban J connectivity index is 2.41. The van der Waals surface area contributed by atoms with E-state index in [-0.39, 0.29) is 18.3 Å². The predicted molar refractivity (Wildman–Crippen MR) is 104 cm³/mol. The Hall–Kier alpha value is -2.60. The van der Waals surface area contributed by atoms with E-state index in [0.29, 0.717) is 22.2 Å². The number of rotatable bonds is 5. The van der Waals surface area contributed by atoms with E-state index >= 15 is 0 Å². The van der Waals surface area contributed by atoms with E-state index in [1.165, 1.54) is 28.7 Å². The maximum Gasteiger partial charge on any atom is 0.324 e. The number of benzene rings is 2. The molecule has 0 fully saturated rings. The van der Waals surface area contributed by atoms with E-state index in [9.17, 15) is 14.9 Å². The third kappa shape index (κ3) is 4.52. The van der Waals surface area contributed by atoms with Gasteiger partial charge in [0.1, 0.15) is 0 Å². The molecule has 0 saturated carbocycles. The molecule has 26 heavy (non-hydrogen) atoms.